The van der Waals surface area contributed by atoms with Crippen molar-refractivity contribution >= 4 is 17.3 Å². The first-order chi connectivity index (χ1) is 21.1. The molecule has 3 aliphatic carbocycles. The van der Waals surface area contributed by atoms with E-state index in [1.807, 2.05) is 63.2 Å². The lowest BCUT2D eigenvalue weighted by Gasteiger charge is -2.54. The molecule has 232 valence electrons. The molecule has 1 saturated carbocycles. The number of fused-ring (bicyclic) bond motifs is 4. The standard InChI is InChI=1S/C36H43N3O5/c1-7-8-12-20(2)17-36-26(16-24-15-25-22(4)37-18-21(3)27(25)31(40)28(24)33(36)41)30(39(5)6)32-29(34(36)42)35(38-44-32)43-19-23-13-10-9-11-14-23/h9-11,13-14,18,20,24,26,28,30H,7-8,12,15-17,19H2,1-6H3. The van der Waals surface area contributed by atoms with Crippen LogP contribution in [0.25, 0.3) is 0 Å². The van der Waals surface area contributed by atoms with Crippen LogP contribution in [0.5, 0.6) is 5.88 Å². The number of ketones is 3. The number of unbranched alkanes of at least 4 members (excludes halogenated alkanes) is 1. The van der Waals surface area contributed by atoms with Gasteiger partial charge >= 0.3 is 0 Å². The van der Waals surface area contributed by atoms with Crippen molar-refractivity contribution in [3.8, 4) is 5.88 Å². The number of hydrogen-bond acceptors (Lipinski definition) is 8. The Hall–Kier alpha value is -3.65. The molecule has 3 aromatic rings. The highest BCUT2D eigenvalue weighted by Crippen LogP contribution is 2.61. The van der Waals surface area contributed by atoms with Crippen molar-refractivity contribution in [3.05, 3.63) is 75.8 Å². The Labute approximate surface area is 259 Å². The molecule has 8 heteroatoms. The number of nitrogens with zero attached hydrogens (tertiary/aromatic N) is 3. The minimum atomic E-state index is -1.38. The van der Waals surface area contributed by atoms with Crippen molar-refractivity contribution in [3.63, 3.8) is 0 Å². The van der Waals surface area contributed by atoms with Gasteiger partial charge in [-0.25, -0.2) is 0 Å². The third-order valence-corrected chi connectivity index (χ3v) is 10.4. The predicted octanol–water partition coefficient (Wildman–Crippen LogP) is 6.53. The number of carbonyl (C=O) groups excluding carboxylic acids is 3. The van der Waals surface area contributed by atoms with E-state index in [0.717, 1.165) is 41.6 Å². The number of Topliss-reactive ketones (excluding diaryl/α,β-unsaturated/α-hetero) is 3. The highest BCUT2D eigenvalue weighted by molar-refractivity contribution is 6.24. The fourth-order valence-corrected chi connectivity index (χ4v) is 8.39. The fourth-order valence-electron chi connectivity index (χ4n) is 8.39. The van der Waals surface area contributed by atoms with E-state index in [9.17, 15) is 4.79 Å². The van der Waals surface area contributed by atoms with Gasteiger partial charge in [0.1, 0.15) is 12.2 Å². The van der Waals surface area contributed by atoms with Gasteiger partial charge in [0.05, 0.1) is 17.4 Å². The van der Waals surface area contributed by atoms with E-state index in [1.54, 1.807) is 6.20 Å². The SMILES string of the molecule is CCCCC(C)CC12C(=O)c3c(OCc4ccccc4)noc3C(N(C)C)C1CC1Cc3c(C)ncc(C)c3C(=O)C1C2=O. The molecule has 2 aromatic heterocycles. The van der Waals surface area contributed by atoms with Crippen LogP contribution in [0.15, 0.2) is 41.1 Å². The number of aromatic nitrogens is 2. The van der Waals surface area contributed by atoms with Crippen LogP contribution >= 0.6 is 0 Å². The molecule has 0 amide bonds. The third kappa shape index (κ3) is 4.73. The zero-order valence-electron chi connectivity index (χ0n) is 26.7. The van der Waals surface area contributed by atoms with Crippen molar-refractivity contribution < 1.29 is 23.6 Å². The lowest BCUT2D eigenvalue weighted by atomic mass is 9.47. The highest BCUT2D eigenvalue weighted by Gasteiger charge is 2.67. The summed E-state index contributed by atoms with van der Waals surface area (Å²) in [5.41, 5.74) is 2.98. The van der Waals surface area contributed by atoms with Gasteiger partial charge in [-0.2, -0.15) is 0 Å². The molecule has 1 aromatic carbocycles. The van der Waals surface area contributed by atoms with Gasteiger partial charge in [-0.15, -0.1) is 0 Å². The van der Waals surface area contributed by atoms with Gasteiger partial charge in [0.25, 0.3) is 5.88 Å². The Morgan fingerprint density at radius 3 is 2.57 bits per heavy atom. The second-order valence-electron chi connectivity index (χ2n) is 13.6. The van der Waals surface area contributed by atoms with Crippen LogP contribution in [0.3, 0.4) is 0 Å². The summed E-state index contributed by atoms with van der Waals surface area (Å²) in [5, 5.41) is 4.27. The average molecular weight is 598 g/mol. The Bertz CT molecular complexity index is 1590. The molecule has 1 fully saturated rings. The van der Waals surface area contributed by atoms with Gasteiger partial charge in [-0.1, -0.05) is 63.4 Å². The second-order valence-corrected chi connectivity index (χ2v) is 13.6. The van der Waals surface area contributed by atoms with E-state index in [2.05, 4.69) is 24.0 Å². The van der Waals surface area contributed by atoms with Gasteiger partial charge in [0.2, 0.25) is 0 Å². The van der Waals surface area contributed by atoms with Crippen LogP contribution in [0, 0.1) is 42.9 Å². The van der Waals surface area contributed by atoms with Gasteiger partial charge in [-0.3, -0.25) is 24.3 Å². The van der Waals surface area contributed by atoms with Crippen molar-refractivity contribution in [2.75, 3.05) is 14.1 Å². The number of benzene rings is 1. The molecule has 0 N–H and O–H groups in total. The van der Waals surface area contributed by atoms with Crippen LogP contribution in [-0.4, -0.2) is 46.5 Å². The van der Waals surface area contributed by atoms with Crippen LogP contribution in [0.1, 0.15) is 101 Å². The minimum absolute atomic E-state index is 0.110. The quantitative estimate of drug-likeness (QED) is 0.257. The number of rotatable bonds is 9. The zero-order chi connectivity index (χ0) is 31.3. The van der Waals surface area contributed by atoms with Gasteiger partial charge in [0.15, 0.2) is 23.1 Å². The maximum absolute atomic E-state index is 15.2. The fraction of sp³-hybridized carbons (Fsp3) is 0.528. The summed E-state index contributed by atoms with van der Waals surface area (Å²) in [6.45, 7) is 8.31. The molecule has 3 aliphatic rings. The van der Waals surface area contributed by atoms with Crippen LogP contribution in [0.2, 0.25) is 0 Å². The Kier molecular flexibility index (Phi) is 8.07. The van der Waals surface area contributed by atoms with Crippen LogP contribution < -0.4 is 4.74 Å². The third-order valence-electron chi connectivity index (χ3n) is 10.4. The number of hydrogen-bond donors (Lipinski definition) is 0. The van der Waals surface area contributed by atoms with Gasteiger partial charge < -0.3 is 9.26 Å². The second kappa shape index (κ2) is 11.7. The largest absolute Gasteiger partial charge is 0.470 e. The first-order valence-electron chi connectivity index (χ1n) is 16.0. The molecule has 0 aliphatic heterocycles. The summed E-state index contributed by atoms with van der Waals surface area (Å²) in [6.07, 6.45) is 6.21. The summed E-state index contributed by atoms with van der Waals surface area (Å²) in [5.74, 6) is -1.44. The van der Waals surface area contributed by atoms with E-state index in [0.29, 0.717) is 30.6 Å². The topological polar surface area (TPSA) is 103 Å². The normalized spacial score (nSPS) is 26.6. The van der Waals surface area contributed by atoms with Crippen molar-refractivity contribution in [2.45, 2.75) is 78.9 Å². The van der Waals surface area contributed by atoms with E-state index < -0.39 is 11.3 Å². The lowest BCUT2D eigenvalue weighted by Crippen LogP contribution is -2.62. The van der Waals surface area contributed by atoms with Crippen molar-refractivity contribution in [1.82, 2.24) is 15.0 Å². The highest BCUT2D eigenvalue weighted by atomic mass is 16.5. The molecular weight excluding hydrogens is 554 g/mol. The van der Waals surface area contributed by atoms with Crippen molar-refractivity contribution in [2.24, 2.45) is 29.1 Å². The van der Waals surface area contributed by atoms with E-state index in [-0.39, 0.29) is 59.2 Å². The maximum Gasteiger partial charge on any atom is 0.265 e. The molecule has 6 rings (SSSR count). The van der Waals surface area contributed by atoms with Crippen LogP contribution in [0.4, 0.5) is 0 Å². The predicted molar refractivity (Wildman–Crippen MR) is 166 cm³/mol. The Morgan fingerprint density at radius 2 is 1.86 bits per heavy atom. The molecule has 8 nitrogen and oxygen atoms in total. The Balaban J connectivity index is 1.49. The van der Waals surface area contributed by atoms with Gasteiger partial charge in [-0.05, 0) is 80.9 Å². The summed E-state index contributed by atoms with van der Waals surface area (Å²) >= 11 is 0. The molecular formula is C36H43N3O5. The summed E-state index contributed by atoms with van der Waals surface area (Å²) in [4.78, 5) is 51.1. The summed E-state index contributed by atoms with van der Waals surface area (Å²) in [6, 6.07) is 9.30. The first-order valence-corrected chi connectivity index (χ1v) is 16.0. The van der Waals surface area contributed by atoms with E-state index in [1.165, 1.54) is 0 Å². The smallest absolute Gasteiger partial charge is 0.265 e. The minimum Gasteiger partial charge on any atom is -0.470 e. The number of pyridine rings is 1. The molecule has 0 bridgehead atoms. The summed E-state index contributed by atoms with van der Waals surface area (Å²) < 4.78 is 12.1. The molecule has 44 heavy (non-hydrogen) atoms. The van der Waals surface area contributed by atoms with E-state index in [4.69, 9.17) is 9.26 Å². The van der Waals surface area contributed by atoms with Crippen LogP contribution in [-0.2, 0) is 17.8 Å². The zero-order valence-corrected chi connectivity index (χ0v) is 26.7. The monoisotopic (exact) mass is 597 g/mol. The molecule has 0 saturated heterocycles. The lowest BCUT2D eigenvalue weighted by molar-refractivity contribution is -0.143. The number of ether oxygens (including phenoxy) is 1. The maximum atomic E-state index is 15.2. The molecule has 2 heterocycles. The van der Waals surface area contributed by atoms with Gasteiger partial charge in [0, 0.05) is 23.4 Å². The first kappa shape index (κ1) is 30.4. The summed E-state index contributed by atoms with van der Waals surface area (Å²) in [7, 11) is 3.91. The molecule has 6 unspecified atom stereocenters. The Morgan fingerprint density at radius 1 is 1.11 bits per heavy atom. The number of aryl methyl sites for hydroxylation is 2. The molecule has 6 atom stereocenters. The molecule has 0 spiro atoms. The van der Waals surface area contributed by atoms with E-state index >= 15 is 9.59 Å². The number of carbonyl (C=O) groups is 3. The van der Waals surface area contributed by atoms with Crippen molar-refractivity contribution in [1.29, 1.82) is 0 Å². The average Bonchev–Trinajstić information content (AvgIpc) is 3.42. The molecule has 0 radical (unpaired) electrons.